The Labute approximate surface area is 99.8 Å². The predicted octanol–water partition coefficient (Wildman–Crippen LogP) is 3.46. The first-order chi connectivity index (χ1) is 7.65. The Morgan fingerprint density at radius 1 is 1.38 bits per heavy atom. The zero-order valence-corrected chi connectivity index (χ0v) is 10.0. The Hall–Kier alpha value is -0.670. The van der Waals surface area contributed by atoms with Crippen molar-refractivity contribution in [3.63, 3.8) is 0 Å². The fourth-order valence-electron chi connectivity index (χ4n) is 1.46. The van der Waals surface area contributed by atoms with Crippen molar-refractivity contribution in [2.45, 2.75) is 31.7 Å². The molecule has 0 aliphatic carbocycles. The van der Waals surface area contributed by atoms with Gasteiger partial charge in [-0.3, -0.25) is 0 Å². The van der Waals surface area contributed by atoms with Crippen molar-refractivity contribution < 1.29 is 8.78 Å². The number of halogens is 3. The van der Waals surface area contributed by atoms with Gasteiger partial charge in [0.25, 0.3) is 0 Å². The lowest BCUT2D eigenvalue weighted by Gasteiger charge is -2.10. The highest BCUT2D eigenvalue weighted by atomic mass is 35.5. The van der Waals surface area contributed by atoms with Gasteiger partial charge in [0.15, 0.2) is 11.6 Å². The van der Waals surface area contributed by atoms with Crippen molar-refractivity contribution in [2.75, 3.05) is 6.54 Å². The Bertz CT molecular complexity index is 331. The van der Waals surface area contributed by atoms with Gasteiger partial charge in [0.2, 0.25) is 0 Å². The van der Waals surface area contributed by atoms with Crippen molar-refractivity contribution in [2.24, 2.45) is 0 Å². The molecule has 0 radical (unpaired) electrons. The summed E-state index contributed by atoms with van der Waals surface area (Å²) in [5, 5.41) is 3.06. The van der Waals surface area contributed by atoms with Gasteiger partial charge in [-0.1, -0.05) is 25.5 Å². The van der Waals surface area contributed by atoms with Crippen molar-refractivity contribution in [1.82, 2.24) is 5.32 Å². The molecule has 16 heavy (non-hydrogen) atoms. The second-order valence-electron chi connectivity index (χ2n) is 3.73. The van der Waals surface area contributed by atoms with E-state index in [4.69, 9.17) is 11.6 Å². The molecule has 0 aromatic heterocycles. The summed E-state index contributed by atoms with van der Waals surface area (Å²) in [4.78, 5) is 0. The van der Waals surface area contributed by atoms with E-state index in [1.54, 1.807) is 6.07 Å². The van der Waals surface area contributed by atoms with Crippen LogP contribution < -0.4 is 5.32 Å². The number of rotatable bonds is 6. The summed E-state index contributed by atoms with van der Waals surface area (Å²) in [6.45, 7) is 2.96. The molecule has 1 unspecified atom stereocenters. The summed E-state index contributed by atoms with van der Waals surface area (Å²) < 4.78 is 26.1. The SMILES string of the molecule is CCCC(Cl)CNCc1cccc(F)c1F. The standard InChI is InChI=1S/C12H16ClF2N/c1-2-4-10(13)8-16-7-9-5-3-6-11(14)12(9)15/h3,5-6,10,16H,2,4,7-8H2,1H3. The molecule has 1 aromatic carbocycles. The molecule has 0 aliphatic heterocycles. The molecule has 0 saturated carbocycles. The van der Waals surface area contributed by atoms with E-state index in [1.807, 2.05) is 0 Å². The largest absolute Gasteiger partial charge is 0.311 e. The first-order valence-electron chi connectivity index (χ1n) is 5.42. The monoisotopic (exact) mass is 247 g/mol. The fraction of sp³-hybridized carbons (Fsp3) is 0.500. The van der Waals surface area contributed by atoms with Gasteiger partial charge in [0.1, 0.15) is 0 Å². The molecule has 0 aliphatic rings. The minimum Gasteiger partial charge on any atom is -0.311 e. The van der Waals surface area contributed by atoms with Gasteiger partial charge < -0.3 is 5.32 Å². The Kier molecular flexibility index (Phi) is 5.71. The van der Waals surface area contributed by atoms with Gasteiger partial charge in [-0.25, -0.2) is 8.78 Å². The van der Waals surface area contributed by atoms with Crippen molar-refractivity contribution >= 4 is 11.6 Å². The van der Waals surface area contributed by atoms with Crippen LogP contribution in [0.5, 0.6) is 0 Å². The first-order valence-corrected chi connectivity index (χ1v) is 5.86. The van der Waals surface area contributed by atoms with Crippen LogP contribution >= 0.6 is 11.6 Å². The summed E-state index contributed by atoms with van der Waals surface area (Å²) >= 11 is 5.99. The molecule has 0 saturated heterocycles. The van der Waals surface area contributed by atoms with Crippen LogP contribution in [0, 0.1) is 11.6 Å². The lowest BCUT2D eigenvalue weighted by Crippen LogP contribution is -2.23. The molecular formula is C12H16ClF2N. The highest BCUT2D eigenvalue weighted by Crippen LogP contribution is 2.11. The summed E-state index contributed by atoms with van der Waals surface area (Å²) in [5.74, 6) is -1.59. The van der Waals surface area contributed by atoms with Gasteiger partial charge in [-0.2, -0.15) is 0 Å². The normalized spacial score (nSPS) is 12.8. The smallest absolute Gasteiger partial charge is 0.163 e. The van der Waals surface area contributed by atoms with Gasteiger partial charge >= 0.3 is 0 Å². The minimum atomic E-state index is -0.810. The van der Waals surface area contributed by atoms with E-state index in [0.717, 1.165) is 18.9 Å². The Morgan fingerprint density at radius 3 is 2.81 bits per heavy atom. The average molecular weight is 248 g/mol. The van der Waals surface area contributed by atoms with Gasteiger partial charge in [0, 0.05) is 24.0 Å². The second kappa shape index (κ2) is 6.81. The van der Waals surface area contributed by atoms with E-state index in [1.165, 1.54) is 6.07 Å². The summed E-state index contributed by atoms with van der Waals surface area (Å²) in [5.41, 5.74) is 0.334. The maximum atomic E-state index is 13.2. The molecule has 1 nitrogen and oxygen atoms in total. The zero-order valence-electron chi connectivity index (χ0n) is 9.27. The minimum absolute atomic E-state index is 0.0432. The number of alkyl halides is 1. The average Bonchev–Trinajstić information content (AvgIpc) is 2.25. The molecule has 1 atom stereocenters. The van der Waals surface area contributed by atoms with Crippen LogP contribution in [0.3, 0.4) is 0 Å². The fourth-order valence-corrected chi connectivity index (χ4v) is 1.79. The quantitative estimate of drug-likeness (QED) is 0.759. The molecule has 0 amide bonds. The lowest BCUT2D eigenvalue weighted by atomic mass is 10.2. The number of hydrogen-bond acceptors (Lipinski definition) is 1. The van der Waals surface area contributed by atoms with Crippen LogP contribution in [0.2, 0.25) is 0 Å². The van der Waals surface area contributed by atoms with Crippen molar-refractivity contribution in [3.05, 3.63) is 35.4 Å². The Balaban J connectivity index is 2.40. The van der Waals surface area contributed by atoms with Crippen molar-refractivity contribution in [1.29, 1.82) is 0 Å². The van der Waals surface area contributed by atoms with Gasteiger partial charge in [-0.05, 0) is 12.5 Å². The van der Waals surface area contributed by atoms with E-state index in [0.29, 0.717) is 18.7 Å². The number of hydrogen-bond donors (Lipinski definition) is 1. The van der Waals surface area contributed by atoms with Crippen LogP contribution in [0.25, 0.3) is 0 Å². The van der Waals surface area contributed by atoms with Gasteiger partial charge in [0.05, 0.1) is 0 Å². The first kappa shape index (κ1) is 13.4. The van der Waals surface area contributed by atoms with E-state index in [2.05, 4.69) is 12.2 Å². The molecule has 0 spiro atoms. The highest BCUT2D eigenvalue weighted by molar-refractivity contribution is 6.20. The third-order valence-electron chi connectivity index (χ3n) is 2.31. The Morgan fingerprint density at radius 2 is 2.12 bits per heavy atom. The third kappa shape index (κ3) is 4.06. The molecular weight excluding hydrogens is 232 g/mol. The molecule has 4 heteroatoms. The molecule has 1 N–H and O–H groups in total. The number of nitrogens with one attached hydrogen (secondary N) is 1. The third-order valence-corrected chi connectivity index (χ3v) is 2.69. The van der Waals surface area contributed by atoms with E-state index >= 15 is 0 Å². The molecule has 1 rings (SSSR count). The lowest BCUT2D eigenvalue weighted by molar-refractivity contribution is 0.491. The topological polar surface area (TPSA) is 12.0 Å². The summed E-state index contributed by atoms with van der Waals surface area (Å²) in [6, 6.07) is 4.17. The maximum Gasteiger partial charge on any atom is 0.163 e. The molecule has 1 aromatic rings. The second-order valence-corrected chi connectivity index (χ2v) is 4.35. The molecule has 90 valence electrons. The van der Waals surface area contributed by atoms with Crippen molar-refractivity contribution in [3.8, 4) is 0 Å². The predicted molar refractivity (Wildman–Crippen MR) is 62.6 cm³/mol. The van der Waals surface area contributed by atoms with Crippen LogP contribution in [0.1, 0.15) is 25.3 Å². The molecule has 0 bridgehead atoms. The highest BCUT2D eigenvalue weighted by Gasteiger charge is 2.08. The van der Waals surface area contributed by atoms with Crippen LogP contribution in [-0.2, 0) is 6.54 Å². The van der Waals surface area contributed by atoms with Crippen LogP contribution in [0.15, 0.2) is 18.2 Å². The number of benzene rings is 1. The summed E-state index contributed by atoms with van der Waals surface area (Å²) in [6.07, 6.45) is 1.93. The van der Waals surface area contributed by atoms with Crippen LogP contribution in [-0.4, -0.2) is 11.9 Å². The summed E-state index contributed by atoms with van der Waals surface area (Å²) in [7, 11) is 0. The van der Waals surface area contributed by atoms with E-state index in [-0.39, 0.29) is 5.38 Å². The molecule has 0 fully saturated rings. The maximum absolute atomic E-state index is 13.2. The molecule has 0 heterocycles. The van der Waals surface area contributed by atoms with E-state index < -0.39 is 11.6 Å². The van der Waals surface area contributed by atoms with Gasteiger partial charge in [-0.15, -0.1) is 11.6 Å². The van der Waals surface area contributed by atoms with E-state index in [9.17, 15) is 8.78 Å². The van der Waals surface area contributed by atoms with Crippen LogP contribution in [0.4, 0.5) is 8.78 Å². The zero-order chi connectivity index (χ0) is 12.0.